The van der Waals surface area contributed by atoms with Crippen molar-refractivity contribution in [2.75, 3.05) is 5.32 Å². The van der Waals surface area contributed by atoms with Crippen molar-refractivity contribution >= 4 is 45.5 Å². The summed E-state index contributed by atoms with van der Waals surface area (Å²) in [7, 11) is 0. The fourth-order valence-corrected chi connectivity index (χ4v) is 4.39. The maximum atomic E-state index is 6.12. The number of imidazole rings is 1. The summed E-state index contributed by atoms with van der Waals surface area (Å²) in [6, 6.07) is 19.0. The van der Waals surface area contributed by atoms with Crippen molar-refractivity contribution in [3.63, 3.8) is 0 Å². The summed E-state index contributed by atoms with van der Waals surface area (Å²) in [5, 5.41) is 3.16. The number of aliphatic imine (C=N–C) groups is 1. The summed E-state index contributed by atoms with van der Waals surface area (Å²) in [5.41, 5.74) is 12.9. The molecular weight excluding hydrogens is 463 g/mol. The van der Waals surface area contributed by atoms with Gasteiger partial charge in [0.2, 0.25) is 6.17 Å². The molecule has 0 spiro atoms. The summed E-state index contributed by atoms with van der Waals surface area (Å²) in [4.78, 5) is 8.16. The van der Waals surface area contributed by atoms with E-state index in [9.17, 15) is 0 Å². The van der Waals surface area contributed by atoms with Gasteiger partial charge in [0.25, 0.3) is 5.96 Å². The molecule has 5 rings (SSSR count). The van der Waals surface area contributed by atoms with Crippen LogP contribution in [0.5, 0.6) is 0 Å². The van der Waals surface area contributed by atoms with Crippen molar-refractivity contribution in [1.82, 2.24) is 9.55 Å². The van der Waals surface area contributed by atoms with Gasteiger partial charge in [-0.3, -0.25) is 0 Å². The van der Waals surface area contributed by atoms with Crippen molar-refractivity contribution < 1.29 is 4.57 Å². The monoisotopic (exact) mass is 483 g/mol. The van der Waals surface area contributed by atoms with Crippen LogP contribution in [0.15, 0.2) is 59.6 Å². The van der Waals surface area contributed by atoms with Gasteiger partial charge in [-0.1, -0.05) is 12.1 Å². The molecule has 4 aromatic rings. The quantitative estimate of drug-likeness (QED) is 0.300. The van der Waals surface area contributed by atoms with Gasteiger partial charge in [0.15, 0.2) is 0 Å². The second kappa shape index (κ2) is 6.37. The Bertz CT molecular complexity index is 1230. The number of nitrogens with one attached hydrogen (secondary N) is 2. The van der Waals surface area contributed by atoms with E-state index in [0.717, 1.165) is 33.9 Å². The molecule has 0 bridgehead atoms. The average Bonchev–Trinajstić information content (AvgIpc) is 3.19. The van der Waals surface area contributed by atoms with Crippen LogP contribution in [0.1, 0.15) is 23.1 Å². The van der Waals surface area contributed by atoms with Crippen molar-refractivity contribution in [1.29, 1.82) is 0 Å². The molecule has 0 amide bonds. The van der Waals surface area contributed by atoms with Crippen LogP contribution in [-0.4, -0.2) is 15.5 Å². The number of para-hydroxylation sites is 2. The van der Waals surface area contributed by atoms with E-state index in [0.29, 0.717) is 5.96 Å². The minimum atomic E-state index is -0.226. The zero-order valence-electron chi connectivity index (χ0n) is 15.6. The molecule has 0 aliphatic carbocycles. The van der Waals surface area contributed by atoms with Crippen LogP contribution in [0.3, 0.4) is 0 Å². The van der Waals surface area contributed by atoms with Crippen LogP contribution >= 0.6 is 22.6 Å². The van der Waals surface area contributed by atoms with Gasteiger partial charge in [0.1, 0.15) is 11.0 Å². The van der Waals surface area contributed by atoms with Gasteiger partial charge in [0.05, 0.1) is 0 Å². The lowest BCUT2D eigenvalue weighted by Gasteiger charge is -2.18. The molecule has 0 fully saturated rings. The molecule has 3 heterocycles. The number of hydrogen-bond donors (Lipinski definition) is 3. The predicted octanol–water partition coefficient (Wildman–Crippen LogP) is 3.75. The van der Waals surface area contributed by atoms with Crippen LogP contribution in [0.4, 0.5) is 5.95 Å². The molecule has 0 radical (unpaired) electrons. The molecule has 1 aliphatic rings. The van der Waals surface area contributed by atoms with E-state index < -0.39 is 0 Å². The minimum absolute atomic E-state index is 0.226. The van der Waals surface area contributed by atoms with Gasteiger partial charge in [0, 0.05) is 26.2 Å². The number of aromatic amines is 1. The molecule has 7 heteroatoms. The second-order valence-electron chi connectivity index (χ2n) is 7.01. The molecule has 28 heavy (non-hydrogen) atoms. The Kier molecular flexibility index (Phi) is 3.94. The third-order valence-electron chi connectivity index (χ3n) is 5.24. The summed E-state index contributed by atoms with van der Waals surface area (Å²) in [5.74, 6) is 1.26. The fraction of sp³-hybridized carbons (Fsp3) is 0.143. The van der Waals surface area contributed by atoms with Crippen LogP contribution < -0.4 is 15.6 Å². The molecule has 140 valence electrons. The van der Waals surface area contributed by atoms with Crippen molar-refractivity contribution in [3.8, 4) is 5.69 Å². The number of anilines is 1. The standard InChI is InChI=1S/C21H19IN6/c1-12-11-16(13(2)27(12)15-9-7-14(22)8-10-15)19-25-20(23)26-21-24-17-5-3-4-6-18(17)28(19)21/h3-11,19H,1-2H3,(H3,23,24,25,26)/p+1/t19-/m1/s1. The fourth-order valence-electron chi connectivity index (χ4n) is 4.03. The average molecular weight is 483 g/mol. The number of aromatic nitrogens is 3. The molecule has 0 saturated carbocycles. The smallest absolute Gasteiger partial charge is 0.357 e. The number of hydrogen-bond acceptors (Lipinski definition) is 3. The lowest BCUT2D eigenvalue weighted by Crippen LogP contribution is -2.48. The van der Waals surface area contributed by atoms with Crippen LogP contribution in [0.25, 0.3) is 16.7 Å². The maximum absolute atomic E-state index is 6.12. The van der Waals surface area contributed by atoms with E-state index in [1.54, 1.807) is 0 Å². The van der Waals surface area contributed by atoms with Crippen molar-refractivity contribution in [2.24, 2.45) is 10.7 Å². The Morgan fingerprint density at radius 3 is 2.64 bits per heavy atom. The minimum Gasteiger partial charge on any atom is -0.357 e. The van der Waals surface area contributed by atoms with E-state index in [-0.39, 0.29) is 6.17 Å². The molecular formula is C21H20IN6+. The van der Waals surface area contributed by atoms with Crippen molar-refractivity contribution in [3.05, 3.63) is 75.1 Å². The molecule has 0 saturated heterocycles. The topological polar surface area (TPSA) is 75.0 Å². The summed E-state index contributed by atoms with van der Waals surface area (Å²) < 4.78 is 5.67. The Labute approximate surface area is 176 Å². The summed E-state index contributed by atoms with van der Waals surface area (Å²) in [6.07, 6.45) is -0.226. The number of guanidine groups is 1. The third-order valence-corrected chi connectivity index (χ3v) is 5.96. The summed E-state index contributed by atoms with van der Waals surface area (Å²) >= 11 is 2.33. The first-order chi connectivity index (χ1) is 13.5. The highest BCUT2D eigenvalue weighted by Gasteiger charge is 2.33. The predicted molar refractivity (Wildman–Crippen MR) is 120 cm³/mol. The van der Waals surface area contributed by atoms with Gasteiger partial charge in [-0.05, 0) is 78.9 Å². The molecule has 1 atom stereocenters. The highest BCUT2D eigenvalue weighted by atomic mass is 127. The van der Waals surface area contributed by atoms with Gasteiger partial charge >= 0.3 is 5.95 Å². The van der Waals surface area contributed by atoms with Crippen LogP contribution in [0, 0.1) is 17.4 Å². The van der Waals surface area contributed by atoms with E-state index in [4.69, 9.17) is 10.7 Å². The number of fused-ring (bicyclic) bond motifs is 3. The molecule has 4 N–H and O–H groups in total. The molecule has 0 unspecified atom stereocenters. The van der Waals surface area contributed by atoms with E-state index in [1.807, 2.05) is 12.1 Å². The highest BCUT2D eigenvalue weighted by Crippen LogP contribution is 2.30. The number of halogens is 1. The number of benzene rings is 2. The van der Waals surface area contributed by atoms with Crippen LogP contribution in [-0.2, 0) is 0 Å². The van der Waals surface area contributed by atoms with Gasteiger partial charge in [-0.15, -0.1) is 0 Å². The van der Waals surface area contributed by atoms with Gasteiger partial charge < -0.3 is 10.3 Å². The normalized spacial score (nSPS) is 16.0. The Balaban J connectivity index is 1.71. The zero-order valence-corrected chi connectivity index (χ0v) is 17.7. The lowest BCUT2D eigenvalue weighted by atomic mass is 10.1. The Morgan fingerprint density at radius 2 is 1.86 bits per heavy atom. The number of rotatable bonds is 2. The first-order valence-corrected chi connectivity index (χ1v) is 10.2. The lowest BCUT2D eigenvalue weighted by molar-refractivity contribution is -0.674. The van der Waals surface area contributed by atoms with Crippen molar-refractivity contribution in [2.45, 2.75) is 20.0 Å². The van der Waals surface area contributed by atoms with E-state index in [1.165, 1.54) is 9.26 Å². The zero-order chi connectivity index (χ0) is 19.4. The first kappa shape index (κ1) is 17.3. The number of nitrogens with two attached hydrogens (primary N) is 1. The molecule has 6 nitrogen and oxygen atoms in total. The highest BCUT2D eigenvalue weighted by molar-refractivity contribution is 14.1. The number of nitrogens with zero attached hydrogens (tertiary/aromatic N) is 3. The number of aryl methyl sites for hydroxylation is 1. The molecule has 2 aromatic carbocycles. The molecule has 2 aromatic heterocycles. The Morgan fingerprint density at radius 1 is 1.11 bits per heavy atom. The second-order valence-corrected chi connectivity index (χ2v) is 8.26. The van der Waals surface area contributed by atoms with Gasteiger partial charge in [-0.2, -0.15) is 4.99 Å². The third kappa shape index (κ3) is 2.61. The Hall–Kier alpha value is -2.81. The van der Waals surface area contributed by atoms with Crippen LogP contribution in [0.2, 0.25) is 0 Å². The largest absolute Gasteiger partial charge is 0.365 e. The SMILES string of the molecule is Cc1cc([C@@H]2N=C(N)Nc3[nH]c4ccccc4[n+]32)c(C)n1-c1ccc(I)cc1. The van der Waals surface area contributed by atoms with Gasteiger partial charge in [-0.25, -0.2) is 14.9 Å². The molecule has 1 aliphatic heterocycles. The number of H-pyrrole nitrogens is 1. The van der Waals surface area contributed by atoms with E-state index >= 15 is 0 Å². The van der Waals surface area contributed by atoms with E-state index in [2.05, 4.69) is 98.3 Å². The summed E-state index contributed by atoms with van der Waals surface area (Å²) in [6.45, 7) is 4.27. The first-order valence-electron chi connectivity index (χ1n) is 9.10. The maximum Gasteiger partial charge on any atom is 0.365 e.